The summed E-state index contributed by atoms with van der Waals surface area (Å²) in [4.78, 5) is 2.59. The Kier molecular flexibility index (Phi) is 4.35. The summed E-state index contributed by atoms with van der Waals surface area (Å²) in [6.45, 7) is 12.2. The summed E-state index contributed by atoms with van der Waals surface area (Å²) in [5, 5.41) is 3.51. The Labute approximate surface area is 137 Å². The van der Waals surface area contributed by atoms with Gasteiger partial charge in [0.15, 0.2) is 0 Å². The maximum absolute atomic E-state index is 3.51. The summed E-state index contributed by atoms with van der Waals surface area (Å²) in [7, 11) is 2.34. The van der Waals surface area contributed by atoms with E-state index in [0.717, 1.165) is 17.8 Å². The third kappa shape index (κ3) is 2.84. The van der Waals surface area contributed by atoms with Crippen LogP contribution in [0.15, 0.2) is 11.8 Å². The topological polar surface area (TPSA) is 15.3 Å². The normalized spacial score (nSPS) is 42.6. The second-order valence-corrected chi connectivity index (χ2v) is 9.10. The van der Waals surface area contributed by atoms with E-state index in [1.54, 1.807) is 5.57 Å². The standard InChI is InChI=1S/C20H36N2/c1-6-17-7-8-20(13-21-14-20)11-18(17)12-22(5)19(4)9-15(2)16(3)10-19/h12,15-17,21H,6-11,13-14H2,1-5H3/b18-12-/t15?,16?,17-,19?/m1/s1. The molecular weight excluding hydrogens is 268 g/mol. The molecule has 2 aliphatic carbocycles. The SMILES string of the molecule is CC[C@@H]1CCC2(CNC2)C/C1=C/N(C)C1(C)CC(C)C(C)C1. The van der Waals surface area contributed by atoms with Gasteiger partial charge in [0, 0.05) is 25.7 Å². The first-order chi connectivity index (χ1) is 10.4. The molecular formula is C20H36N2. The lowest BCUT2D eigenvalue weighted by molar-refractivity contribution is 0.109. The van der Waals surface area contributed by atoms with Gasteiger partial charge in [-0.3, -0.25) is 0 Å². The van der Waals surface area contributed by atoms with Crippen molar-refractivity contribution in [2.75, 3.05) is 20.1 Å². The predicted molar refractivity (Wildman–Crippen MR) is 94.7 cm³/mol. The Hall–Kier alpha value is -0.500. The molecule has 3 atom stereocenters. The van der Waals surface area contributed by atoms with E-state index < -0.39 is 0 Å². The van der Waals surface area contributed by atoms with Crippen LogP contribution in [-0.4, -0.2) is 30.6 Å². The fraction of sp³-hybridized carbons (Fsp3) is 0.900. The van der Waals surface area contributed by atoms with E-state index in [-0.39, 0.29) is 0 Å². The second-order valence-electron chi connectivity index (χ2n) is 9.10. The van der Waals surface area contributed by atoms with Gasteiger partial charge >= 0.3 is 0 Å². The van der Waals surface area contributed by atoms with Crippen LogP contribution in [0.25, 0.3) is 0 Å². The van der Waals surface area contributed by atoms with Gasteiger partial charge in [0.1, 0.15) is 0 Å². The molecule has 2 unspecified atom stereocenters. The highest BCUT2D eigenvalue weighted by Crippen LogP contribution is 2.47. The van der Waals surface area contributed by atoms with Crippen molar-refractivity contribution in [1.82, 2.24) is 10.2 Å². The molecule has 3 fully saturated rings. The average molecular weight is 305 g/mol. The zero-order valence-electron chi connectivity index (χ0n) is 15.4. The van der Waals surface area contributed by atoms with Crippen molar-refractivity contribution in [3.63, 3.8) is 0 Å². The van der Waals surface area contributed by atoms with Gasteiger partial charge in [-0.1, -0.05) is 26.3 Å². The van der Waals surface area contributed by atoms with E-state index in [4.69, 9.17) is 0 Å². The molecule has 22 heavy (non-hydrogen) atoms. The lowest BCUT2D eigenvalue weighted by atomic mass is 9.64. The Morgan fingerprint density at radius 1 is 1.23 bits per heavy atom. The number of allylic oxidation sites excluding steroid dienone is 1. The van der Waals surface area contributed by atoms with Crippen LogP contribution in [0.5, 0.6) is 0 Å². The number of hydrogen-bond donors (Lipinski definition) is 1. The van der Waals surface area contributed by atoms with Gasteiger partial charge in [-0.05, 0) is 74.8 Å². The van der Waals surface area contributed by atoms with E-state index in [1.165, 1.54) is 51.6 Å². The number of nitrogens with zero attached hydrogens (tertiary/aromatic N) is 1. The van der Waals surface area contributed by atoms with E-state index in [9.17, 15) is 0 Å². The molecule has 2 saturated carbocycles. The molecule has 1 saturated heterocycles. The smallest absolute Gasteiger partial charge is 0.0370 e. The minimum Gasteiger partial charge on any atom is -0.375 e. The Morgan fingerprint density at radius 2 is 1.86 bits per heavy atom. The molecule has 1 heterocycles. The number of hydrogen-bond acceptors (Lipinski definition) is 2. The summed E-state index contributed by atoms with van der Waals surface area (Å²) < 4.78 is 0. The van der Waals surface area contributed by atoms with Crippen molar-refractivity contribution in [3.8, 4) is 0 Å². The van der Waals surface area contributed by atoms with Crippen molar-refractivity contribution in [2.24, 2.45) is 23.2 Å². The number of nitrogens with one attached hydrogen (secondary N) is 1. The lowest BCUT2D eigenvalue weighted by Gasteiger charge is -2.49. The molecule has 2 nitrogen and oxygen atoms in total. The molecule has 0 aromatic rings. The van der Waals surface area contributed by atoms with Gasteiger partial charge in [-0.25, -0.2) is 0 Å². The fourth-order valence-electron chi connectivity index (χ4n) is 5.29. The molecule has 0 aromatic carbocycles. The second kappa shape index (κ2) is 5.85. The van der Waals surface area contributed by atoms with Crippen molar-refractivity contribution in [2.45, 2.75) is 71.8 Å². The fourth-order valence-corrected chi connectivity index (χ4v) is 5.29. The Bertz CT molecular complexity index is 425. The van der Waals surface area contributed by atoms with Crippen LogP contribution in [-0.2, 0) is 0 Å². The largest absolute Gasteiger partial charge is 0.375 e. The van der Waals surface area contributed by atoms with Gasteiger partial charge in [0.05, 0.1) is 0 Å². The molecule has 1 spiro atoms. The maximum Gasteiger partial charge on any atom is 0.0370 e. The maximum atomic E-state index is 3.51. The molecule has 1 aliphatic heterocycles. The molecule has 126 valence electrons. The Morgan fingerprint density at radius 3 is 2.36 bits per heavy atom. The average Bonchev–Trinajstić information content (AvgIpc) is 2.71. The summed E-state index contributed by atoms with van der Waals surface area (Å²) in [6, 6.07) is 0. The zero-order valence-corrected chi connectivity index (χ0v) is 15.4. The third-order valence-corrected chi connectivity index (χ3v) is 7.33. The van der Waals surface area contributed by atoms with E-state index >= 15 is 0 Å². The summed E-state index contributed by atoms with van der Waals surface area (Å²) in [5.41, 5.74) is 2.72. The minimum atomic E-state index is 0.368. The first-order valence-corrected chi connectivity index (χ1v) is 9.52. The molecule has 0 amide bonds. The molecule has 3 rings (SSSR count). The number of rotatable bonds is 3. The highest BCUT2D eigenvalue weighted by atomic mass is 15.2. The molecule has 0 aromatic heterocycles. The Balaban J connectivity index is 1.76. The van der Waals surface area contributed by atoms with Crippen molar-refractivity contribution >= 4 is 0 Å². The van der Waals surface area contributed by atoms with E-state index in [0.29, 0.717) is 11.0 Å². The van der Waals surface area contributed by atoms with Gasteiger partial charge in [-0.15, -0.1) is 0 Å². The molecule has 1 N–H and O–H groups in total. The van der Waals surface area contributed by atoms with Crippen LogP contribution in [0, 0.1) is 23.2 Å². The third-order valence-electron chi connectivity index (χ3n) is 7.33. The van der Waals surface area contributed by atoms with E-state index in [2.05, 4.69) is 51.2 Å². The highest BCUT2D eigenvalue weighted by molar-refractivity contribution is 5.17. The minimum absolute atomic E-state index is 0.368. The van der Waals surface area contributed by atoms with Gasteiger partial charge < -0.3 is 10.2 Å². The zero-order chi connectivity index (χ0) is 16.0. The van der Waals surface area contributed by atoms with Gasteiger partial charge in [-0.2, -0.15) is 0 Å². The monoisotopic (exact) mass is 304 g/mol. The van der Waals surface area contributed by atoms with Crippen LogP contribution < -0.4 is 5.32 Å². The van der Waals surface area contributed by atoms with Crippen molar-refractivity contribution in [3.05, 3.63) is 11.8 Å². The first kappa shape index (κ1) is 16.4. The molecule has 3 aliphatic rings. The first-order valence-electron chi connectivity index (χ1n) is 9.52. The van der Waals surface area contributed by atoms with Crippen molar-refractivity contribution in [1.29, 1.82) is 0 Å². The molecule has 0 bridgehead atoms. The quantitative estimate of drug-likeness (QED) is 0.830. The predicted octanol–water partition coefficient (Wildman–Crippen LogP) is 4.43. The highest BCUT2D eigenvalue weighted by Gasteiger charge is 2.43. The van der Waals surface area contributed by atoms with Gasteiger partial charge in [0.2, 0.25) is 0 Å². The van der Waals surface area contributed by atoms with Crippen LogP contribution in [0.3, 0.4) is 0 Å². The summed E-state index contributed by atoms with van der Waals surface area (Å²) >= 11 is 0. The van der Waals surface area contributed by atoms with Crippen molar-refractivity contribution < 1.29 is 0 Å². The molecule has 2 heteroatoms. The van der Waals surface area contributed by atoms with Crippen LogP contribution >= 0.6 is 0 Å². The van der Waals surface area contributed by atoms with E-state index in [1.807, 2.05) is 0 Å². The van der Waals surface area contributed by atoms with Crippen LogP contribution in [0.1, 0.15) is 66.2 Å². The lowest BCUT2D eigenvalue weighted by Crippen LogP contribution is -2.55. The van der Waals surface area contributed by atoms with Crippen LogP contribution in [0.2, 0.25) is 0 Å². The summed E-state index contributed by atoms with van der Waals surface area (Å²) in [6.07, 6.45) is 10.7. The molecule has 0 radical (unpaired) electrons. The van der Waals surface area contributed by atoms with Gasteiger partial charge in [0.25, 0.3) is 0 Å². The summed E-state index contributed by atoms with van der Waals surface area (Å²) in [5.74, 6) is 2.55. The van der Waals surface area contributed by atoms with Crippen LogP contribution in [0.4, 0.5) is 0 Å².